The number of hydrogen-bond acceptors (Lipinski definition) is 3. The minimum Gasteiger partial charge on any atom is -0.374 e. The number of anilines is 1. The highest BCUT2D eigenvalue weighted by Gasteiger charge is 2.18. The molecule has 1 unspecified atom stereocenters. The molecule has 0 radical (unpaired) electrons. The number of likely N-dealkylation sites (tertiary alicyclic amines) is 1. The first-order valence-electron chi connectivity index (χ1n) is 7.42. The topological polar surface area (TPSA) is 32.5 Å². The molecule has 4 heteroatoms. The van der Waals surface area contributed by atoms with Gasteiger partial charge in [0.15, 0.2) is 0 Å². The lowest BCUT2D eigenvalue weighted by Gasteiger charge is -2.32. The van der Waals surface area contributed by atoms with Crippen LogP contribution in [0.1, 0.15) is 31.4 Å². The van der Waals surface area contributed by atoms with Crippen LogP contribution in [0.3, 0.4) is 0 Å². The van der Waals surface area contributed by atoms with Crippen LogP contribution in [0.25, 0.3) is 0 Å². The van der Waals surface area contributed by atoms with E-state index in [-0.39, 0.29) is 6.04 Å². The second-order valence-electron chi connectivity index (χ2n) is 6.12. The van der Waals surface area contributed by atoms with Crippen LogP contribution in [-0.2, 0) is 0 Å². The van der Waals surface area contributed by atoms with Crippen molar-refractivity contribution in [2.75, 3.05) is 38.6 Å². The quantitative estimate of drug-likeness (QED) is 0.926. The van der Waals surface area contributed by atoms with Gasteiger partial charge < -0.3 is 15.5 Å². The molecule has 0 aromatic heterocycles. The molecule has 1 atom stereocenters. The number of rotatable bonds is 4. The predicted molar refractivity (Wildman–Crippen MR) is 87.5 cm³/mol. The van der Waals surface area contributed by atoms with E-state index in [1.54, 1.807) is 0 Å². The molecule has 1 saturated heterocycles. The summed E-state index contributed by atoms with van der Waals surface area (Å²) in [4.78, 5) is 4.72. The highest BCUT2D eigenvalue weighted by molar-refractivity contribution is 6.31. The van der Waals surface area contributed by atoms with Gasteiger partial charge in [-0.2, -0.15) is 0 Å². The molecule has 3 nitrogen and oxygen atoms in total. The van der Waals surface area contributed by atoms with Crippen molar-refractivity contribution in [1.82, 2.24) is 4.90 Å². The van der Waals surface area contributed by atoms with E-state index < -0.39 is 0 Å². The third-order valence-corrected chi connectivity index (χ3v) is 4.61. The highest BCUT2D eigenvalue weighted by Crippen LogP contribution is 2.27. The second kappa shape index (κ2) is 6.79. The van der Waals surface area contributed by atoms with Gasteiger partial charge in [0.25, 0.3) is 0 Å². The van der Waals surface area contributed by atoms with Crippen LogP contribution in [0.5, 0.6) is 0 Å². The second-order valence-corrected chi connectivity index (χ2v) is 6.53. The molecule has 0 aliphatic carbocycles. The van der Waals surface area contributed by atoms with Crippen molar-refractivity contribution < 1.29 is 0 Å². The van der Waals surface area contributed by atoms with Gasteiger partial charge in [-0.1, -0.05) is 17.7 Å². The molecular formula is C16H26ClN3. The van der Waals surface area contributed by atoms with E-state index in [0.29, 0.717) is 0 Å². The first-order valence-corrected chi connectivity index (χ1v) is 7.80. The van der Waals surface area contributed by atoms with Gasteiger partial charge in [-0.3, -0.25) is 0 Å². The van der Waals surface area contributed by atoms with Crippen LogP contribution in [0, 0.1) is 5.92 Å². The molecule has 1 heterocycles. The summed E-state index contributed by atoms with van der Waals surface area (Å²) in [5, 5.41) is 0.771. The third-order valence-electron chi connectivity index (χ3n) is 4.29. The Kier molecular flexibility index (Phi) is 5.30. The van der Waals surface area contributed by atoms with Gasteiger partial charge in [-0.05, 0) is 63.5 Å². The summed E-state index contributed by atoms with van der Waals surface area (Å²) in [6.07, 6.45) is 2.57. The Bertz CT molecular complexity index is 439. The van der Waals surface area contributed by atoms with Crippen molar-refractivity contribution >= 4 is 17.3 Å². The summed E-state index contributed by atoms with van der Waals surface area (Å²) in [6, 6.07) is 6.19. The molecule has 0 bridgehead atoms. The van der Waals surface area contributed by atoms with Gasteiger partial charge in [0, 0.05) is 30.3 Å². The molecular weight excluding hydrogens is 270 g/mol. The van der Waals surface area contributed by atoms with Crippen LogP contribution in [-0.4, -0.2) is 38.6 Å². The molecule has 0 spiro atoms. The fourth-order valence-electron chi connectivity index (χ4n) is 2.86. The van der Waals surface area contributed by atoms with Gasteiger partial charge in [-0.25, -0.2) is 0 Å². The molecule has 2 rings (SSSR count). The van der Waals surface area contributed by atoms with Crippen molar-refractivity contribution in [3.63, 3.8) is 0 Å². The van der Waals surface area contributed by atoms with E-state index in [4.69, 9.17) is 17.3 Å². The Hall–Kier alpha value is -0.770. The monoisotopic (exact) mass is 295 g/mol. The van der Waals surface area contributed by atoms with E-state index in [1.165, 1.54) is 31.6 Å². The van der Waals surface area contributed by atoms with E-state index in [1.807, 2.05) is 19.1 Å². The maximum absolute atomic E-state index is 6.32. The molecule has 0 saturated carbocycles. The zero-order valence-corrected chi connectivity index (χ0v) is 13.5. The lowest BCUT2D eigenvalue weighted by Crippen LogP contribution is -2.35. The Morgan fingerprint density at radius 3 is 2.60 bits per heavy atom. The number of benzene rings is 1. The lowest BCUT2D eigenvalue weighted by molar-refractivity contribution is 0.222. The summed E-state index contributed by atoms with van der Waals surface area (Å²) < 4.78 is 0. The minimum absolute atomic E-state index is 0.0178. The fourth-order valence-corrected chi connectivity index (χ4v) is 3.21. The lowest BCUT2D eigenvalue weighted by atomic mass is 9.96. The minimum atomic E-state index is -0.0178. The summed E-state index contributed by atoms with van der Waals surface area (Å²) in [7, 11) is 4.35. The Balaban J connectivity index is 1.98. The third kappa shape index (κ3) is 3.87. The molecule has 1 fully saturated rings. The van der Waals surface area contributed by atoms with Gasteiger partial charge in [0.1, 0.15) is 0 Å². The Morgan fingerprint density at radius 1 is 1.40 bits per heavy atom. The summed E-state index contributed by atoms with van der Waals surface area (Å²) in [6.45, 7) is 5.48. The Labute approximate surface area is 127 Å². The van der Waals surface area contributed by atoms with Crippen LogP contribution in [0.4, 0.5) is 5.69 Å². The van der Waals surface area contributed by atoms with Crippen molar-refractivity contribution in [2.24, 2.45) is 11.7 Å². The van der Waals surface area contributed by atoms with E-state index >= 15 is 0 Å². The molecule has 20 heavy (non-hydrogen) atoms. The number of nitrogens with zero attached hydrogens (tertiary/aromatic N) is 2. The SMILES string of the molecule is CC(N)c1ccc(N(C)CC2CCN(C)CC2)cc1Cl. The maximum Gasteiger partial charge on any atom is 0.0474 e. The van der Waals surface area contributed by atoms with Crippen LogP contribution < -0.4 is 10.6 Å². The normalized spacial score (nSPS) is 19.1. The largest absolute Gasteiger partial charge is 0.374 e. The first-order chi connectivity index (χ1) is 9.47. The van der Waals surface area contributed by atoms with E-state index in [9.17, 15) is 0 Å². The molecule has 112 valence electrons. The molecule has 1 aliphatic rings. The Morgan fingerprint density at radius 2 is 2.05 bits per heavy atom. The molecule has 2 N–H and O–H groups in total. The van der Waals surface area contributed by atoms with Crippen molar-refractivity contribution in [3.8, 4) is 0 Å². The van der Waals surface area contributed by atoms with Gasteiger partial charge in [-0.15, -0.1) is 0 Å². The average Bonchev–Trinajstić information content (AvgIpc) is 2.40. The zero-order valence-electron chi connectivity index (χ0n) is 12.8. The molecule has 1 aliphatic heterocycles. The van der Waals surface area contributed by atoms with E-state index in [0.717, 1.165) is 23.0 Å². The number of halogens is 1. The molecule has 1 aromatic carbocycles. The van der Waals surface area contributed by atoms with Crippen molar-refractivity contribution in [2.45, 2.75) is 25.8 Å². The zero-order chi connectivity index (χ0) is 14.7. The predicted octanol–water partition coefficient (Wildman–Crippen LogP) is 3.14. The highest BCUT2D eigenvalue weighted by atomic mass is 35.5. The maximum atomic E-state index is 6.32. The smallest absolute Gasteiger partial charge is 0.0474 e. The van der Waals surface area contributed by atoms with Crippen LogP contribution in [0.15, 0.2) is 18.2 Å². The average molecular weight is 296 g/mol. The van der Waals surface area contributed by atoms with E-state index in [2.05, 4.69) is 30.0 Å². The van der Waals surface area contributed by atoms with Gasteiger partial charge >= 0.3 is 0 Å². The van der Waals surface area contributed by atoms with Crippen molar-refractivity contribution in [3.05, 3.63) is 28.8 Å². The van der Waals surface area contributed by atoms with Crippen LogP contribution in [0.2, 0.25) is 5.02 Å². The number of piperidine rings is 1. The number of nitrogens with two attached hydrogens (primary N) is 1. The summed E-state index contributed by atoms with van der Waals surface area (Å²) >= 11 is 6.32. The standard InChI is InChI=1S/C16H26ClN3/c1-12(18)15-5-4-14(10-16(15)17)20(3)11-13-6-8-19(2)9-7-13/h4-5,10,12-13H,6-9,11,18H2,1-3H3. The summed E-state index contributed by atoms with van der Waals surface area (Å²) in [5.74, 6) is 0.781. The van der Waals surface area contributed by atoms with Gasteiger partial charge in [0.05, 0.1) is 0 Å². The van der Waals surface area contributed by atoms with Crippen molar-refractivity contribution in [1.29, 1.82) is 0 Å². The number of hydrogen-bond donors (Lipinski definition) is 1. The first kappa shape index (κ1) is 15.6. The summed E-state index contributed by atoms with van der Waals surface area (Å²) in [5.41, 5.74) is 8.10. The fraction of sp³-hybridized carbons (Fsp3) is 0.625. The molecule has 0 amide bonds. The molecule has 1 aromatic rings. The van der Waals surface area contributed by atoms with Gasteiger partial charge in [0.2, 0.25) is 0 Å². The van der Waals surface area contributed by atoms with Crippen LogP contribution >= 0.6 is 11.6 Å².